The third-order valence-electron chi connectivity index (χ3n) is 6.68. The van der Waals surface area contributed by atoms with Crippen molar-refractivity contribution in [3.8, 4) is 44.9 Å². The minimum atomic E-state index is -1.86. The van der Waals surface area contributed by atoms with E-state index in [-0.39, 0.29) is 26.8 Å². The van der Waals surface area contributed by atoms with E-state index in [0.29, 0.717) is 16.9 Å². The molecule has 10 heteroatoms. The molecule has 0 amide bonds. The Hall–Kier alpha value is -4.18. The first-order valence-electron chi connectivity index (χ1n) is 13.7. The second-order valence-corrected chi connectivity index (χ2v) is 11.3. The maximum Gasteiger partial charge on any atom is 0.492 e. The number of para-hydroxylation sites is 2. The first kappa shape index (κ1) is 34.7. The quantitative estimate of drug-likeness (QED) is 0.137. The van der Waals surface area contributed by atoms with E-state index in [9.17, 15) is 19.0 Å². The third-order valence-corrected chi connectivity index (χ3v) is 7.97. The number of benzene rings is 6. The van der Waals surface area contributed by atoms with Crippen LogP contribution in [0.25, 0.3) is 33.4 Å². The van der Waals surface area contributed by atoms with Crippen LogP contribution in [-0.4, -0.2) is 27.4 Å². The van der Waals surface area contributed by atoms with Gasteiger partial charge in [0, 0.05) is 32.7 Å². The monoisotopic (exact) mass is 720 g/mol. The van der Waals surface area contributed by atoms with Crippen LogP contribution in [0.1, 0.15) is 0 Å². The molecular formula is C36H26BBrCl2F2O4. The fraction of sp³-hybridized carbons (Fsp3) is 0. The first-order chi connectivity index (χ1) is 22.1. The van der Waals surface area contributed by atoms with Gasteiger partial charge in [-0.25, -0.2) is 8.78 Å². The number of hydrogen-bond donors (Lipinski definition) is 4. The molecule has 0 bridgehead atoms. The molecule has 0 spiro atoms. The van der Waals surface area contributed by atoms with Crippen LogP contribution in [0.15, 0.2) is 138 Å². The zero-order valence-electron chi connectivity index (χ0n) is 24.0. The summed E-state index contributed by atoms with van der Waals surface area (Å²) >= 11 is 14.8. The Labute approximate surface area is 284 Å². The molecule has 0 fully saturated rings. The van der Waals surface area contributed by atoms with Gasteiger partial charge in [0.05, 0.1) is 9.50 Å². The fourth-order valence-electron chi connectivity index (χ4n) is 4.47. The maximum absolute atomic E-state index is 14.1. The molecule has 46 heavy (non-hydrogen) atoms. The number of hydrogen-bond acceptors (Lipinski definition) is 4. The third kappa shape index (κ3) is 8.54. The van der Waals surface area contributed by atoms with Crippen molar-refractivity contribution in [1.82, 2.24) is 0 Å². The molecule has 0 aliphatic heterocycles. The summed E-state index contributed by atoms with van der Waals surface area (Å²) in [5, 5.41) is 37.8. The number of phenols is 2. The van der Waals surface area contributed by atoms with Crippen LogP contribution in [0.3, 0.4) is 0 Å². The normalized spacial score (nSPS) is 10.2. The van der Waals surface area contributed by atoms with Gasteiger partial charge in [-0.05, 0) is 57.4 Å². The highest BCUT2D eigenvalue weighted by Gasteiger charge is 2.19. The largest absolute Gasteiger partial charge is 0.507 e. The Balaban J connectivity index is 0.000000167. The molecule has 6 aromatic rings. The van der Waals surface area contributed by atoms with Crippen LogP contribution in [0.4, 0.5) is 8.78 Å². The summed E-state index contributed by atoms with van der Waals surface area (Å²) in [7, 11) is -1.86. The summed E-state index contributed by atoms with van der Waals surface area (Å²) in [6.45, 7) is 0. The molecule has 0 aliphatic rings. The molecule has 4 N–H and O–H groups in total. The van der Waals surface area contributed by atoms with Crippen LogP contribution >= 0.6 is 39.1 Å². The van der Waals surface area contributed by atoms with Gasteiger partial charge in [0.25, 0.3) is 0 Å². The predicted octanol–water partition coefficient (Wildman–Crippen LogP) is 9.50. The van der Waals surface area contributed by atoms with Gasteiger partial charge >= 0.3 is 7.12 Å². The Morgan fingerprint density at radius 3 is 1.46 bits per heavy atom. The molecule has 0 heterocycles. The van der Waals surface area contributed by atoms with Crippen LogP contribution in [0.2, 0.25) is 10.0 Å². The minimum Gasteiger partial charge on any atom is -0.507 e. The molecule has 232 valence electrons. The summed E-state index contributed by atoms with van der Waals surface area (Å²) in [5.41, 5.74) is 3.70. The summed E-state index contributed by atoms with van der Waals surface area (Å²) in [6, 6.07) is 38.5. The average molecular weight is 722 g/mol. The molecule has 6 aromatic carbocycles. The number of halogens is 5. The zero-order valence-corrected chi connectivity index (χ0v) is 27.1. The van der Waals surface area contributed by atoms with Gasteiger partial charge in [-0.15, -0.1) is 0 Å². The fourth-order valence-corrected chi connectivity index (χ4v) is 5.37. The lowest BCUT2D eigenvalue weighted by Gasteiger charge is -2.12. The van der Waals surface area contributed by atoms with Crippen molar-refractivity contribution in [2.75, 3.05) is 0 Å². The van der Waals surface area contributed by atoms with Gasteiger partial charge < -0.3 is 20.3 Å². The minimum absolute atomic E-state index is 0.0139. The summed E-state index contributed by atoms with van der Waals surface area (Å²) in [6.07, 6.45) is 0. The molecule has 6 rings (SSSR count). The first-order valence-corrected chi connectivity index (χ1v) is 15.3. The average Bonchev–Trinajstić information content (AvgIpc) is 3.04. The molecule has 0 unspecified atom stereocenters. The molecule has 0 aromatic heterocycles. The number of aromatic hydroxyl groups is 2. The maximum atomic E-state index is 14.1. The number of phenolic OH excluding ortho intramolecular Hbond substituents is 2. The second kappa shape index (κ2) is 16.4. The Kier molecular flexibility index (Phi) is 12.4. The smallest absolute Gasteiger partial charge is 0.492 e. The van der Waals surface area contributed by atoms with Gasteiger partial charge in [-0.1, -0.05) is 126 Å². The molecule has 4 nitrogen and oxygen atoms in total. The van der Waals surface area contributed by atoms with E-state index in [4.69, 9.17) is 33.2 Å². The van der Waals surface area contributed by atoms with E-state index in [0.717, 1.165) is 27.2 Å². The lowest BCUT2D eigenvalue weighted by Crippen LogP contribution is -2.33. The van der Waals surface area contributed by atoms with E-state index in [1.165, 1.54) is 18.2 Å². The van der Waals surface area contributed by atoms with Crippen molar-refractivity contribution in [2.24, 2.45) is 0 Å². The standard InChI is InChI=1S/C18H12ClFO.C12H9BrO.C6H5BClFO2/c19-15-10-5-11-16(20)17(15)14-9-4-8-13(18(14)21)12-6-2-1-3-7-12;13-11-8-4-7-10(12(11)14)9-5-2-1-3-6-9;8-4-2-1-3-5(9)6(4)7(10)11/h1-11,21H;1-8,14H;1-3,10-11H. The SMILES string of the molecule is OB(O)c1c(F)cccc1Cl.Oc1c(-c2ccccc2)cccc1-c1c(F)cccc1Cl.Oc1c(Br)cccc1-c1ccccc1. The molecule has 0 radical (unpaired) electrons. The van der Waals surface area contributed by atoms with Crippen LogP contribution < -0.4 is 5.46 Å². The summed E-state index contributed by atoms with van der Waals surface area (Å²) < 4.78 is 27.5. The zero-order chi connectivity index (χ0) is 33.2. The summed E-state index contributed by atoms with van der Waals surface area (Å²) in [4.78, 5) is 0. The summed E-state index contributed by atoms with van der Waals surface area (Å²) in [5.74, 6) is -0.857. The topological polar surface area (TPSA) is 80.9 Å². The van der Waals surface area contributed by atoms with Gasteiger partial charge in [-0.2, -0.15) is 0 Å². The van der Waals surface area contributed by atoms with E-state index >= 15 is 0 Å². The lowest BCUT2D eigenvalue weighted by atomic mass is 9.80. The van der Waals surface area contributed by atoms with Crippen molar-refractivity contribution < 1.29 is 29.0 Å². The van der Waals surface area contributed by atoms with Crippen LogP contribution in [0, 0.1) is 11.6 Å². The highest BCUT2D eigenvalue weighted by molar-refractivity contribution is 9.10. The molecular weight excluding hydrogens is 696 g/mol. The Morgan fingerprint density at radius 1 is 0.500 bits per heavy atom. The highest BCUT2D eigenvalue weighted by Crippen LogP contribution is 2.41. The van der Waals surface area contributed by atoms with Gasteiger partial charge in [0.1, 0.15) is 23.1 Å². The van der Waals surface area contributed by atoms with Crippen LogP contribution in [0.5, 0.6) is 11.5 Å². The van der Waals surface area contributed by atoms with Gasteiger partial charge in [0.15, 0.2) is 0 Å². The molecule has 0 aliphatic carbocycles. The van der Waals surface area contributed by atoms with Crippen molar-refractivity contribution in [3.05, 3.63) is 160 Å². The predicted molar refractivity (Wildman–Crippen MR) is 186 cm³/mol. The van der Waals surface area contributed by atoms with E-state index in [2.05, 4.69) is 15.9 Å². The highest BCUT2D eigenvalue weighted by atomic mass is 79.9. The van der Waals surface area contributed by atoms with Crippen molar-refractivity contribution in [1.29, 1.82) is 0 Å². The van der Waals surface area contributed by atoms with Gasteiger partial charge in [0.2, 0.25) is 0 Å². The number of rotatable bonds is 4. The molecule has 0 saturated carbocycles. The van der Waals surface area contributed by atoms with Crippen molar-refractivity contribution >= 4 is 51.7 Å². The van der Waals surface area contributed by atoms with E-state index in [1.54, 1.807) is 30.3 Å². The Morgan fingerprint density at radius 2 is 0.957 bits per heavy atom. The Bertz CT molecular complexity index is 1870. The van der Waals surface area contributed by atoms with Crippen molar-refractivity contribution in [3.63, 3.8) is 0 Å². The lowest BCUT2D eigenvalue weighted by molar-refractivity contribution is 0.423. The van der Waals surface area contributed by atoms with Gasteiger partial charge in [-0.3, -0.25) is 0 Å². The molecule has 0 atom stereocenters. The van der Waals surface area contributed by atoms with Crippen molar-refractivity contribution in [2.45, 2.75) is 0 Å². The molecule has 0 saturated heterocycles. The van der Waals surface area contributed by atoms with E-state index < -0.39 is 18.8 Å². The van der Waals surface area contributed by atoms with Crippen LogP contribution in [-0.2, 0) is 0 Å². The second-order valence-electron chi connectivity index (χ2n) is 9.68. The van der Waals surface area contributed by atoms with E-state index in [1.807, 2.05) is 78.9 Å².